The Morgan fingerprint density at radius 1 is 1.45 bits per heavy atom. The lowest BCUT2D eigenvalue weighted by Crippen LogP contribution is -2.54. The van der Waals surface area contributed by atoms with E-state index in [0.29, 0.717) is 0 Å². The SMILES string of the molecule is CC1CCCC(CNCc2ccc(O)cn2)(N(C)C)C1. The maximum absolute atomic E-state index is 9.24. The molecule has 0 saturated heterocycles. The number of hydrogen-bond acceptors (Lipinski definition) is 4. The van der Waals surface area contributed by atoms with Gasteiger partial charge in [0.1, 0.15) is 5.75 Å². The van der Waals surface area contributed by atoms with E-state index in [2.05, 4.69) is 36.2 Å². The van der Waals surface area contributed by atoms with Gasteiger partial charge in [0.05, 0.1) is 11.9 Å². The van der Waals surface area contributed by atoms with Gasteiger partial charge in [-0.05, 0) is 45.0 Å². The van der Waals surface area contributed by atoms with Crippen molar-refractivity contribution in [1.82, 2.24) is 15.2 Å². The molecule has 0 bridgehead atoms. The minimum Gasteiger partial charge on any atom is -0.506 e. The lowest BCUT2D eigenvalue weighted by molar-refractivity contribution is 0.0749. The van der Waals surface area contributed by atoms with Crippen LogP contribution in [0.25, 0.3) is 0 Å². The lowest BCUT2D eigenvalue weighted by atomic mass is 9.75. The standard InChI is InChI=1S/C16H27N3O/c1-13-5-4-8-16(9-13,19(2)3)12-17-10-14-6-7-15(20)11-18-14/h6-7,11,13,17,20H,4-5,8-10,12H2,1-3H3. The molecule has 1 aromatic rings. The Morgan fingerprint density at radius 2 is 2.25 bits per heavy atom. The molecule has 4 heteroatoms. The molecule has 1 aromatic heterocycles. The second kappa shape index (κ2) is 6.55. The summed E-state index contributed by atoms with van der Waals surface area (Å²) in [6.07, 6.45) is 6.70. The van der Waals surface area contributed by atoms with Crippen molar-refractivity contribution in [3.8, 4) is 5.75 Å². The van der Waals surface area contributed by atoms with Gasteiger partial charge in [-0.3, -0.25) is 4.98 Å². The van der Waals surface area contributed by atoms with Crippen molar-refractivity contribution in [2.75, 3.05) is 20.6 Å². The molecule has 0 radical (unpaired) electrons. The third-order valence-electron chi connectivity index (χ3n) is 4.59. The van der Waals surface area contributed by atoms with Gasteiger partial charge in [-0.15, -0.1) is 0 Å². The van der Waals surface area contributed by atoms with E-state index in [0.717, 1.165) is 24.7 Å². The van der Waals surface area contributed by atoms with Crippen LogP contribution in [0.15, 0.2) is 18.3 Å². The van der Waals surface area contributed by atoms with Crippen LogP contribution in [0.1, 0.15) is 38.3 Å². The summed E-state index contributed by atoms with van der Waals surface area (Å²) >= 11 is 0. The minimum atomic E-state index is 0.222. The summed E-state index contributed by atoms with van der Waals surface area (Å²) in [4.78, 5) is 6.61. The summed E-state index contributed by atoms with van der Waals surface area (Å²) in [5, 5.41) is 12.8. The first kappa shape index (κ1) is 15.3. The van der Waals surface area contributed by atoms with Crippen LogP contribution < -0.4 is 5.32 Å². The average molecular weight is 277 g/mol. The van der Waals surface area contributed by atoms with E-state index in [1.54, 1.807) is 6.07 Å². The third kappa shape index (κ3) is 3.70. The Balaban J connectivity index is 1.91. The molecule has 1 aliphatic rings. The first-order chi connectivity index (χ1) is 9.52. The molecule has 1 aliphatic carbocycles. The quantitative estimate of drug-likeness (QED) is 0.867. The van der Waals surface area contributed by atoms with E-state index < -0.39 is 0 Å². The highest BCUT2D eigenvalue weighted by molar-refractivity contribution is 5.17. The van der Waals surface area contributed by atoms with Crippen molar-refractivity contribution in [2.24, 2.45) is 5.92 Å². The van der Waals surface area contributed by atoms with Crippen molar-refractivity contribution >= 4 is 0 Å². The Hall–Kier alpha value is -1.13. The molecule has 1 heterocycles. The van der Waals surface area contributed by atoms with Crippen molar-refractivity contribution in [1.29, 1.82) is 0 Å². The number of aromatic nitrogens is 1. The predicted molar refractivity (Wildman–Crippen MR) is 81.7 cm³/mol. The van der Waals surface area contributed by atoms with E-state index in [4.69, 9.17) is 0 Å². The number of hydrogen-bond donors (Lipinski definition) is 2. The molecule has 112 valence electrons. The zero-order valence-corrected chi connectivity index (χ0v) is 12.9. The van der Waals surface area contributed by atoms with Crippen LogP contribution in [-0.2, 0) is 6.54 Å². The van der Waals surface area contributed by atoms with Crippen LogP contribution in [0.3, 0.4) is 0 Å². The molecular formula is C16H27N3O. The monoisotopic (exact) mass is 277 g/mol. The molecule has 0 aromatic carbocycles. The molecule has 0 spiro atoms. The summed E-state index contributed by atoms with van der Waals surface area (Å²) in [6, 6.07) is 3.56. The van der Waals surface area contributed by atoms with Crippen molar-refractivity contribution in [3.63, 3.8) is 0 Å². The fourth-order valence-electron chi connectivity index (χ4n) is 3.30. The highest BCUT2D eigenvalue weighted by Crippen LogP contribution is 2.35. The fraction of sp³-hybridized carbons (Fsp3) is 0.688. The lowest BCUT2D eigenvalue weighted by Gasteiger charge is -2.45. The summed E-state index contributed by atoms with van der Waals surface area (Å²) in [6.45, 7) is 4.11. The largest absolute Gasteiger partial charge is 0.506 e. The summed E-state index contributed by atoms with van der Waals surface area (Å²) in [7, 11) is 4.39. The average Bonchev–Trinajstić information content (AvgIpc) is 2.41. The van der Waals surface area contributed by atoms with Gasteiger partial charge in [-0.2, -0.15) is 0 Å². The van der Waals surface area contributed by atoms with Crippen molar-refractivity contribution < 1.29 is 5.11 Å². The highest BCUT2D eigenvalue weighted by atomic mass is 16.3. The molecule has 1 fully saturated rings. The summed E-state index contributed by atoms with van der Waals surface area (Å²) in [5.41, 5.74) is 1.25. The van der Waals surface area contributed by atoms with Crippen molar-refractivity contribution in [2.45, 2.75) is 44.7 Å². The van der Waals surface area contributed by atoms with Gasteiger partial charge in [-0.1, -0.05) is 19.8 Å². The number of likely N-dealkylation sites (N-methyl/N-ethyl adjacent to an activating group) is 1. The zero-order valence-electron chi connectivity index (χ0n) is 12.9. The summed E-state index contributed by atoms with van der Waals surface area (Å²) in [5.74, 6) is 1.03. The maximum atomic E-state index is 9.24. The zero-order chi connectivity index (χ0) is 14.6. The second-order valence-electron chi connectivity index (χ2n) is 6.43. The van der Waals surface area contributed by atoms with Crippen LogP contribution in [0.4, 0.5) is 0 Å². The van der Waals surface area contributed by atoms with Gasteiger partial charge < -0.3 is 15.3 Å². The van der Waals surface area contributed by atoms with Crippen molar-refractivity contribution in [3.05, 3.63) is 24.0 Å². The van der Waals surface area contributed by atoms with Gasteiger partial charge in [0.25, 0.3) is 0 Å². The van der Waals surface area contributed by atoms with Gasteiger partial charge in [0.15, 0.2) is 0 Å². The molecule has 1 saturated carbocycles. The van der Waals surface area contributed by atoms with Crippen LogP contribution in [0.5, 0.6) is 5.75 Å². The molecule has 20 heavy (non-hydrogen) atoms. The normalized spacial score (nSPS) is 26.9. The molecule has 4 nitrogen and oxygen atoms in total. The molecule has 2 N–H and O–H groups in total. The van der Waals surface area contributed by atoms with Crippen LogP contribution in [-0.4, -0.2) is 41.2 Å². The molecule has 0 aliphatic heterocycles. The fourth-order valence-corrected chi connectivity index (χ4v) is 3.30. The second-order valence-corrected chi connectivity index (χ2v) is 6.43. The first-order valence-corrected chi connectivity index (χ1v) is 7.54. The van der Waals surface area contributed by atoms with E-state index in [1.807, 2.05) is 6.07 Å². The van der Waals surface area contributed by atoms with E-state index >= 15 is 0 Å². The maximum Gasteiger partial charge on any atom is 0.133 e. The molecule has 2 unspecified atom stereocenters. The predicted octanol–water partition coefficient (Wildman–Crippen LogP) is 2.39. The number of nitrogens with zero attached hydrogens (tertiary/aromatic N) is 2. The van der Waals surface area contributed by atoms with Gasteiger partial charge in [-0.25, -0.2) is 0 Å². The third-order valence-corrected chi connectivity index (χ3v) is 4.59. The molecule has 2 rings (SSSR count). The number of pyridine rings is 1. The highest BCUT2D eigenvalue weighted by Gasteiger charge is 2.36. The number of rotatable bonds is 5. The van der Waals surface area contributed by atoms with E-state index in [-0.39, 0.29) is 11.3 Å². The van der Waals surface area contributed by atoms with Gasteiger partial charge in [0.2, 0.25) is 0 Å². The summed E-state index contributed by atoms with van der Waals surface area (Å²) < 4.78 is 0. The van der Waals surface area contributed by atoms with Gasteiger partial charge >= 0.3 is 0 Å². The van der Waals surface area contributed by atoms with E-state index in [9.17, 15) is 5.11 Å². The van der Waals surface area contributed by atoms with Crippen LogP contribution in [0.2, 0.25) is 0 Å². The Bertz CT molecular complexity index is 418. The molecular weight excluding hydrogens is 250 g/mol. The van der Waals surface area contributed by atoms with Gasteiger partial charge in [0, 0.05) is 18.6 Å². The Labute approximate surface area is 122 Å². The molecule has 0 amide bonds. The number of nitrogens with one attached hydrogen (secondary N) is 1. The topological polar surface area (TPSA) is 48.4 Å². The molecule has 2 atom stereocenters. The van der Waals surface area contributed by atoms with E-state index in [1.165, 1.54) is 31.9 Å². The Morgan fingerprint density at radius 3 is 2.85 bits per heavy atom. The Kier molecular flexibility index (Phi) is 5.00. The van der Waals surface area contributed by atoms with Crippen LogP contribution in [0, 0.1) is 5.92 Å². The first-order valence-electron chi connectivity index (χ1n) is 7.54. The minimum absolute atomic E-state index is 0.222. The smallest absolute Gasteiger partial charge is 0.133 e. The number of aromatic hydroxyl groups is 1. The van der Waals surface area contributed by atoms with Crippen LogP contribution >= 0.6 is 0 Å².